The second kappa shape index (κ2) is 7.59. The summed E-state index contributed by atoms with van der Waals surface area (Å²) in [6, 6.07) is 0. The zero-order valence-corrected chi connectivity index (χ0v) is 19.1. The molecule has 0 N–H and O–H groups in total. The molecule has 4 aliphatic rings. The number of hydrogen-bond acceptors (Lipinski definition) is 0. The number of rotatable bonds is 5. The molecule has 2 fully saturated rings. The quantitative estimate of drug-likeness (QED) is 0.444. The summed E-state index contributed by atoms with van der Waals surface area (Å²) in [6.07, 6.45) is 17.1. The minimum Gasteiger partial charge on any atom is -0.212 e. The van der Waals surface area contributed by atoms with Gasteiger partial charge in [0.2, 0.25) is 0 Å². The van der Waals surface area contributed by atoms with E-state index in [0.29, 0.717) is 11.8 Å². The largest absolute Gasteiger partial charge is 0.212 e. The highest BCUT2D eigenvalue weighted by molar-refractivity contribution is 5.35. The van der Waals surface area contributed by atoms with Gasteiger partial charge in [-0.2, -0.15) is 0 Å². The van der Waals surface area contributed by atoms with Crippen molar-refractivity contribution < 1.29 is 4.39 Å². The molecule has 0 saturated heterocycles. The van der Waals surface area contributed by atoms with Crippen molar-refractivity contribution in [1.82, 2.24) is 0 Å². The lowest BCUT2D eigenvalue weighted by molar-refractivity contribution is -0.0458. The lowest BCUT2D eigenvalue weighted by atomic mass is 9.47. The van der Waals surface area contributed by atoms with Gasteiger partial charge in [0.15, 0.2) is 0 Å². The van der Waals surface area contributed by atoms with Crippen LogP contribution in [0.2, 0.25) is 0 Å². The molecule has 4 aliphatic carbocycles. The van der Waals surface area contributed by atoms with Crippen LogP contribution in [0.1, 0.15) is 98.8 Å². The number of allylic oxidation sites excluding steroid dienone is 4. The van der Waals surface area contributed by atoms with Crippen molar-refractivity contribution in [2.24, 2.45) is 46.3 Å². The van der Waals surface area contributed by atoms with Crippen LogP contribution in [-0.4, -0.2) is 0 Å². The van der Waals surface area contributed by atoms with Crippen molar-refractivity contribution in [1.29, 1.82) is 0 Å². The van der Waals surface area contributed by atoms with E-state index in [9.17, 15) is 4.39 Å². The Morgan fingerprint density at radius 3 is 2.57 bits per heavy atom. The first-order valence-corrected chi connectivity index (χ1v) is 12.3. The van der Waals surface area contributed by atoms with E-state index in [4.69, 9.17) is 0 Å². The molecule has 0 aliphatic heterocycles. The van der Waals surface area contributed by atoms with E-state index in [2.05, 4.69) is 40.7 Å². The SMILES string of the molecule is CC(C)CCC[C@@H](C)[C@H]1CC[C@H]2[C@@H]3CC=C4C=C(F)CC[C@]4(C)[C@H]3CC[C@]12C. The monoisotopic (exact) mass is 386 g/mol. The highest BCUT2D eigenvalue weighted by Gasteiger charge is 2.58. The van der Waals surface area contributed by atoms with Gasteiger partial charge in [0, 0.05) is 6.42 Å². The van der Waals surface area contributed by atoms with Crippen LogP contribution in [0.25, 0.3) is 0 Å². The zero-order valence-electron chi connectivity index (χ0n) is 19.1. The third-order valence-electron chi connectivity index (χ3n) is 9.92. The fourth-order valence-electron chi connectivity index (χ4n) is 8.32. The molecule has 0 radical (unpaired) electrons. The summed E-state index contributed by atoms with van der Waals surface area (Å²) >= 11 is 0. The third-order valence-corrected chi connectivity index (χ3v) is 9.92. The Morgan fingerprint density at radius 1 is 1.04 bits per heavy atom. The molecule has 2 saturated carbocycles. The first kappa shape index (κ1) is 20.7. The molecule has 0 heterocycles. The summed E-state index contributed by atoms with van der Waals surface area (Å²) in [5.74, 6) is 5.27. The molecular weight excluding hydrogens is 343 g/mol. The maximum Gasteiger partial charge on any atom is 0.100 e. The Morgan fingerprint density at radius 2 is 1.82 bits per heavy atom. The molecule has 7 atom stereocenters. The van der Waals surface area contributed by atoms with Crippen LogP contribution in [-0.2, 0) is 0 Å². The lowest BCUT2D eigenvalue weighted by Gasteiger charge is -2.57. The molecule has 0 bridgehead atoms. The van der Waals surface area contributed by atoms with Gasteiger partial charge >= 0.3 is 0 Å². The smallest absolute Gasteiger partial charge is 0.100 e. The Bertz CT molecular complexity index is 643. The van der Waals surface area contributed by atoms with Crippen molar-refractivity contribution in [3.8, 4) is 0 Å². The Hall–Kier alpha value is -0.590. The molecule has 1 heteroatoms. The molecule has 0 nitrogen and oxygen atoms in total. The average molecular weight is 387 g/mol. The van der Waals surface area contributed by atoms with Gasteiger partial charge < -0.3 is 0 Å². The van der Waals surface area contributed by atoms with E-state index < -0.39 is 0 Å². The fraction of sp³-hybridized carbons (Fsp3) is 0.852. The van der Waals surface area contributed by atoms with E-state index >= 15 is 0 Å². The van der Waals surface area contributed by atoms with Crippen molar-refractivity contribution in [3.05, 3.63) is 23.6 Å². The molecular formula is C27H43F. The van der Waals surface area contributed by atoms with Gasteiger partial charge in [-0.3, -0.25) is 0 Å². The number of hydrogen-bond donors (Lipinski definition) is 0. The molecule has 0 aromatic rings. The zero-order chi connectivity index (χ0) is 20.1. The standard InChI is InChI=1S/C27H43F/c1-18(2)7-6-8-19(3)23-11-12-24-22-10-9-20-17-21(28)13-15-26(20,4)25(22)14-16-27(23,24)5/h9,17-19,22-25H,6-8,10-16H2,1-5H3/t19-,22+,23-,24+,25+,26+,27-/m1/s1. The molecule has 0 spiro atoms. The average Bonchev–Trinajstić information content (AvgIpc) is 2.99. The molecule has 4 rings (SSSR count). The third kappa shape index (κ3) is 3.33. The summed E-state index contributed by atoms with van der Waals surface area (Å²) in [5.41, 5.74) is 2.12. The minimum atomic E-state index is 0.110. The van der Waals surface area contributed by atoms with Crippen LogP contribution in [0.3, 0.4) is 0 Å². The number of fused-ring (bicyclic) bond motifs is 5. The van der Waals surface area contributed by atoms with E-state index in [-0.39, 0.29) is 11.2 Å². The number of halogens is 1. The first-order valence-electron chi connectivity index (χ1n) is 12.3. The molecule has 158 valence electrons. The van der Waals surface area contributed by atoms with Crippen molar-refractivity contribution in [3.63, 3.8) is 0 Å². The van der Waals surface area contributed by atoms with E-state index in [1.54, 1.807) is 0 Å². The first-order chi connectivity index (χ1) is 13.3. The van der Waals surface area contributed by atoms with Gasteiger partial charge in [0.05, 0.1) is 0 Å². The van der Waals surface area contributed by atoms with Crippen molar-refractivity contribution in [2.45, 2.75) is 98.8 Å². The Labute approximate surface area is 173 Å². The molecule has 28 heavy (non-hydrogen) atoms. The van der Waals surface area contributed by atoms with Gasteiger partial charge in [0.1, 0.15) is 5.83 Å². The van der Waals surface area contributed by atoms with E-state index in [1.165, 1.54) is 56.9 Å². The van der Waals surface area contributed by atoms with Crippen LogP contribution in [0, 0.1) is 46.3 Å². The summed E-state index contributed by atoms with van der Waals surface area (Å²) in [7, 11) is 0. The maximum absolute atomic E-state index is 13.9. The van der Waals surface area contributed by atoms with Gasteiger partial charge in [-0.1, -0.05) is 60.0 Å². The normalized spacial score (nSPS) is 43.7. The van der Waals surface area contributed by atoms with E-state index in [0.717, 1.165) is 41.9 Å². The van der Waals surface area contributed by atoms with Gasteiger partial charge in [0.25, 0.3) is 0 Å². The van der Waals surface area contributed by atoms with E-state index in [1.807, 2.05) is 6.08 Å². The Kier molecular flexibility index (Phi) is 5.60. The summed E-state index contributed by atoms with van der Waals surface area (Å²) in [4.78, 5) is 0. The Balaban J connectivity index is 1.51. The summed E-state index contributed by atoms with van der Waals surface area (Å²) < 4.78 is 13.9. The molecule has 0 aromatic heterocycles. The summed E-state index contributed by atoms with van der Waals surface area (Å²) in [6.45, 7) is 12.4. The van der Waals surface area contributed by atoms with Gasteiger partial charge in [-0.05, 0) is 96.5 Å². The molecule has 0 unspecified atom stereocenters. The second-order valence-corrected chi connectivity index (χ2v) is 11.8. The van der Waals surface area contributed by atoms with Crippen LogP contribution >= 0.6 is 0 Å². The van der Waals surface area contributed by atoms with Gasteiger partial charge in [-0.25, -0.2) is 4.39 Å². The lowest BCUT2D eigenvalue weighted by Crippen LogP contribution is -2.49. The minimum absolute atomic E-state index is 0.110. The maximum atomic E-state index is 13.9. The predicted octanol–water partition coefficient (Wildman–Crippen LogP) is 8.49. The van der Waals surface area contributed by atoms with Crippen molar-refractivity contribution >= 4 is 0 Å². The molecule has 0 aromatic carbocycles. The van der Waals surface area contributed by atoms with Gasteiger partial charge in [-0.15, -0.1) is 0 Å². The van der Waals surface area contributed by atoms with Crippen LogP contribution in [0.5, 0.6) is 0 Å². The topological polar surface area (TPSA) is 0 Å². The van der Waals surface area contributed by atoms with Crippen LogP contribution in [0.4, 0.5) is 4.39 Å². The molecule has 0 amide bonds. The highest BCUT2D eigenvalue weighted by atomic mass is 19.1. The van der Waals surface area contributed by atoms with Crippen LogP contribution < -0.4 is 0 Å². The highest BCUT2D eigenvalue weighted by Crippen LogP contribution is 2.67. The van der Waals surface area contributed by atoms with Crippen LogP contribution in [0.15, 0.2) is 23.6 Å². The predicted molar refractivity (Wildman–Crippen MR) is 118 cm³/mol. The second-order valence-electron chi connectivity index (χ2n) is 11.8. The van der Waals surface area contributed by atoms with Crippen molar-refractivity contribution in [2.75, 3.05) is 0 Å². The summed E-state index contributed by atoms with van der Waals surface area (Å²) in [5, 5.41) is 0. The fourth-order valence-corrected chi connectivity index (χ4v) is 8.32.